The number of H-pyrrole nitrogens is 1. The van der Waals surface area contributed by atoms with Gasteiger partial charge in [-0.1, -0.05) is 237 Å². The van der Waals surface area contributed by atoms with E-state index in [4.69, 9.17) is 10.2 Å². The van der Waals surface area contributed by atoms with Crippen LogP contribution in [-0.2, 0) is 30.5 Å². The maximum absolute atomic E-state index is 14.1. The van der Waals surface area contributed by atoms with E-state index in [2.05, 4.69) is 88.1 Å². The molecule has 4 heterocycles. The van der Waals surface area contributed by atoms with Gasteiger partial charge in [0.25, 0.3) is 0 Å². The number of aromatic nitrogens is 8. The molecule has 0 saturated heterocycles. The van der Waals surface area contributed by atoms with Crippen LogP contribution in [0.15, 0.2) is 280 Å². The number of benzene rings is 9. The van der Waals surface area contributed by atoms with Gasteiger partial charge in [0.1, 0.15) is 28.8 Å². The lowest BCUT2D eigenvalue weighted by Crippen LogP contribution is -2.38. The minimum absolute atomic E-state index is 0.0468. The highest BCUT2D eigenvalue weighted by molar-refractivity contribution is 6.08. The number of hydrogen-bond donors (Lipinski definition) is 1. The van der Waals surface area contributed by atoms with Gasteiger partial charge in [0, 0.05) is 41.6 Å². The van der Waals surface area contributed by atoms with E-state index in [0.717, 1.165) is 78.2 Å². The van der Waals surface area contributed by atoms with Crippen molar-refractivity contribution in [1.29, 1.82) is 0 Å². The second-order valence-corrected chi connectivity index (χ2v) is 19.9. The van der Waals surface area contributed by atoms with E-state index in [9.17, 15) is 14.4 Å². The van der Waals surface area contributed by atoms with Crippen molar-refractivity contribution >= 4 is 39.7 Å². The first-order valence-corrected chi connectivity index (χ1v) is 26.8. The van der Waals surface area contributed by atoms with E-state index in [1.54, 1.807) is 29.3 Å². The van der Waals surface area contributed by atoms with Crippen LogP contribution < -0.4 is 0 Å². The number of ketones is 2. The van der Waals surface area contributed by atoms with Gasteiger partial charge in [0.2, 0.25) is 0 Å². The molecule has 11 nitrogen and oxygen atoms in total. The van der Waals surface area contributed by atoms with Crippen molar-refractivity contribution in [2.24, 2.45) is 0 Å². The fourth-order valence-corrected chi connectivity index (χ4v) is 11.3. The molecule has 9 aromatic carbocycles. The normalized spacial score (nSPS) is 11.5. The molecule has 0 fully saturated rings. The monoisotopic (exact) mass is 1050 g/mol. The van der Waals surface area contributed by atoms with Crippen molar-refractivity contribution < 1.29 is 14.4 Å². The predicted octanol–water partition coefficient (Wildman–Crippen LogP) is 13.4. The Kier molecular flexibility index (Phi) is 14.4. The smallest absolute Gasteiger partial charge is 0.188 e. The van der Waals surface area contributed by atoms with Crippen molar-refractivity contribution in [3.63, 3.8) is 0 Å². The third-order valence-electron chi connectivity index (χ3n) is 14.9. The molecular weight excluding hydrogens is 1000 g/mol. The highest BCUT2D eigenvalue weighted by Gasteiger charge is 2.43. The summed E-state index contributed by atoms with van der Waals surface area (Å²) in [5, 5.41) is 23.2. The molecule has 0 unspecified atom stereocenters. The second-order valence-electron chi connectivity index (χ2n) is 19.9. The molecule has 392 valence electrons. The molecule has 81 heavy (non-hydrogen) atoms. The van der Waals surface area contributed by atoms with Crippen LogP contribution in [0.25, 0.3) is 21.8 Å². The lowest BCUT2D eigenvalue weighted by Gasteiger charge is -2.37. The van der Waals surface area contributed by atoms with Crippen LogP contribution in [-0.4, -0.2) is 57.4 Å². The van der Waals surface area contributed by atoms with E-state index in [0.29, 0.717) is 23.5 Å². The Bertz CT molecular complexity index is 4060. The lowest BCUT2D eigenvalue weighted by molar-refractivity contribution is 0.0980. The molecule has 0 spiro atoms. The Balaban J connectivity index is 0.000000165. The van der Waals surface area contributed by atoms with Crippen LogP contribution in [0, 0.1) is 0 Å². The fourth-order valence-electron chi connectivity index (χ4n) is 11.3. The van der Waals surface area contributed by atoms with Crippen molar-refractivity contribution in [2.75, 3.05) is 0 Å². The molecule has 0 saturated carbocycles. The lowest BCUT2D eigenvalue weighted by atomic mass is 9.77. The molecular formula is C70H54N8O3. The maximum atomic E-state index is 14.1. The highest BCUT2D eigenvalue weighted by Crippen LogP contribution is 2.44. The molecule has 0 radical (unpaired) electrons. The number of hydrogen-bond acceptors (Lipinski definition) is 7. The largest absolute Gasteiger partial charge is 0.298 e. The molecule has 0 atom stereocenters. The van der Waals surface area contributed by atoms with Crippen molar-refractivity contribution in [3.05, 3.63) is 347 Å². The predicted molar refractivity (Wildman–Crippen MR) is 316 cm³/mol. The molecule has 0 amide bonds. The third-order valence-corrected chi connectivity index (χ3v) is 14.9. The molecule has 13 rings (SSSR count). The van der Waals surface area contributed by atoms with Gasteiger partial charge in [-0.15, -0.1) is 0 Å². The third kappa shape index (κ3) is 9.78. The van der Waals surface area contributed by atoms with Crippen molar-refractivity contribution in [3.8, 4) is 0 Å². The summed E-state index contributed by atoms with van der Waals surface area (Å²) in [4.78, 5) is 38.8. The van der Waals surface area contributed by atoms with Gasteiger partial charge in [0.05, 0.1) is 30.0 Å². The average Bonchev–Trinajstić information content (AvgIpc) is 4.49. The van der Waals surface area contributed by atoms with E-state index < -0.39 is 11.1 Å². The van der Waals surface area contributed by atoms with Gasteiger partial charge in [-0.25, -0.2) is 9.36 Å². The minimum atomic E-state index is -0.844. The highest BCUT2D eigenvalue weighted by atomic mass is 16.1. The van der Waals surface area contributed by atoms with Crippen molar-refractivity contribution in [1.82, 2.24) is 39.5 Å². The Morgan fingerprint density at radius 1 is 0.432 bits per heavy atom. The van der Waals surface area contributed by atoms with Crippen LogP contribution in [0.3, 0.4) is 0 Å². The van der Waals surface area contributed by atoms with Crippen LogP contribution in [0.1, 0.15) is 81.4 Å². The van der Waals surface area contributed by atoms with Crippen molar-refractivity contribution in [2.45, 2.75) is 30.5 Å². The molecule has 1 N–H and O–H groups in total. The fraction of sp³-hybridized carbons (Fsp3) is 0.0714. The summed E-state index contributed by atoms with van der Waals surface area (Å²) in [6, 6.07) is 85.5. The van der Waals surface area contributed by atoms with E-state index in [1.165, 1.54) is 0 Å². The second kappa shape index (κ2) is 22.7. The van der Waals surface area contributed by atoms with Crippen LogP contribution in [0.2, 0.25) is 0 Å². The molecule has 13 aromatic rings. The summed E-state index contributed by atoms with van der Waals surface area (Å²) >= 11 is 0. The number of para-hydroxylation sites is 2. The summed E-state index contributed by atoms with van der Waals surface area (Å²) in [6.45, 7) is 0.501. The quantitative estimate of drug-likeness (QED) is 0.0545. The first-order valence-electron chi connectivity index (χ1n) is 26.8. The Morgan fingerprint density at radius 3 is 1.22 bits per heavy atom. The van der Waals surface area contributed by atoms with Gasteiger partial charge >= 0.3 is 0 Å². The van der Waals surface area contributed by atoms with E-state index in [-0.39, 0.29) is 24.4 Å². The molecule has 0 aliphatic carbocycles. The van der Waals surface area contributed by atoms with Gasteiger partial charge in [-0.05, 0) is 68.3 Å². The molecule has 4 aromatic heterocycles. The van der Waals surface area contributed by atoms with Gasteiger partial charge < -0.3 is 0 Å². The molecule has 11 heteroatoms. The topological polar surface area (TPSA) is 133 Å². The number of aromatic amines is 1. The number of Topliss-reactive ketones (excluding diaryl/α,β-unsaturated/α-hetero) is 2. The number of carbonyl (C=O) groups excluding carboxylic acids is 3. The Morgan fingerprint density at radius 2 is 0.827 bits per heavy atom. The Labute approximate surface area is 468 Å². The molecule has 0 aliphatic heterocycles. The first-order chi connectivity index (χ1) is 39.9. The summed E-state index contributed by atoms with van der Waals surface area (Å²) in [7, 11) is 0. The number of nitrogens with one attached hydrogen (secondary N) is 1. The average molecular weight is 1060 g/mol. The van der Waals surface area contributed by atoms with Gasteiger partial charge in [-0.3, -0.25) is 24.2 Å². The van der Waals surface area contributed by atoms with Crippen LogP contribution in [0.4, 0.5) is 0 Å². The summed E-state index contributed by atoms with van der Waals surface area (Å²) in [6.07, 6.45) is 8.26. The SMILES string of the molecule is O=C(Cc1cn[nH]c1)c1nn(C(c2ccccc2)(c2ccccc2)c2ccccc2)c2ccccc12.O=Cc1cccc(Cn2cc(CC(=O)c3nn(C(c4ccccc4)(c4ccccc4)c4ccccc4)c4ccccc34)cn2)c1. The maximum Gasteiger partial charge on any atom is 0.188 e. The van der Waals surface area contributed by atoms with Crippen LogP contribution in [0.5, 0.6) is 0 Å². The van der Waals surface area contributed by atoms with E-state index >= 15 is 0 Å². The minimum Gasteiger partial charge on any atom is -0.298 e. The van der Waals surface area contributed by atoms with Crippen LogP contribution >= 0.6 is 0 Å². The standard InChI is InChI=1S/C39H30N4O2.C31H24N4O/c44-28-30-14-12-13-29(23-30)26-42-27-31(25-40-42)24-37(45)38-35-21-10-11-22-36(35)43(41-38)39(32-15-4-1-5-16-32,33-17-6-2-7-18-33)34-19-8-3-9-20-34;36-29(20-23-21-32-33-22-23)30-27-18-10-11-19-28(27)35(34-30)31(24-12-4-1-5-13-24,25-14-6-2-7-15-25)26-16-8-3-9-17-26/h1-23,25,27-28H,24,26H2;1-19,21-22H,20H2,(H,32,33). The summed E-state index contributed by atoms with van der Waals surface area (Å²) in [5.74, 6) is -0.134. The number of aldehydes is 1. The van der Waals surface area contributed by atoms with Gasteiger partial charge in [-0.2, -0.15) is 20.4 Å². The Hall–Kier alpha value is -10.7. The molecule has 0 bridgehead atoms. The summed E-state index contributed by atoms with van der Waals surface area (Å²) < 4.78 is 5.85. The molecule has 0 aliphatic rings. The number of carbonyl (C=O) groups is 3. The number of rotatable bonds is 17. The van der Waals surface area contributed by atoms with E-state index in [1.807, 2.05) is 191 Å². The zero-order valence-corrected chi connectivity index (χ0v) is 44.1. The number of fused-ring (bicyclic) bond motifs is 2. The zero-order chi connectivity index (χ0) is 55.0. The van der Waals surface area contributed by atoms with Gasteiger partial charge in [0.15, 0.2) is 11.6 Å². The zero-order valence-electron chi connectivity index (χ0n) is 44.1. The first kappa shape index (κ1) is 51.1. The number of nitrogens with zero attached hydrogens (tertiary/aromatic N) is 7. The summed E-state index contributed by atoms with van der Waals surface area (Å²) in [5.41, 5.74) is 10.5.